The van der Waals surface area contributed by atoms with Crippen molar-refractivity contribution in [3.05, 3.63) is 59.2 Å². The van der Waals surface area contributed by atoms with Crippen molar-refractivity contribution in [1.82, 2.24) is 10.3 Å². The summed E-state index contributed by atoms with van der Waals surface area (Å²) in [5.74, 6) is -0.0896. The summed E-state index contributed by atoms with van der Waals surface area (Å²) in [4.78, 5) is 27.6. The zero-order valence-corrected chi connectivity index (χ0v) is 16.4. The summed E-state index contributed by atoms with van der Waals surface area (Å²) in [5, 5.41) is 6.28. The zero-order valence-electron chi connectivity index (χ0n) is 15.5. The maximum absolute atomic E-state index is 12.1. The number of carbonyl (C=O) groups excluding carboxylic acids is 2. The van der Waals surface area contributed by atoms with E-state index in [-0.39, 0.29) is 11.8 Å². The Kier molecular flexibility index (Phi) is 6.19. The SMILES string of the molecule is CCc1ccc(CNC(=O)CCc2ccc3nc(NC(C)=O)sc3c2)cc1. The smallest absolute Gasteiger partial charge is 0.223 e. The summed E-state index contributed by atoms with van der Waals surface area (Å²) in [7, 11) is 0. The van der Waals surface area contributed by atoms with Crippen molar-refractivity contribution in [2.45, 2.75) is 39.7 Å². The highest BCUT2D eigenvalue weighted by Gasteiger charge is 2.07. The lowest BCUT2D eigenvalue weighted by molar-refractivity contribution is -0.121. The van der Waals surface area contributed by atoms with E-state index in [1.165, 1.54) is 23.8 Å². The quantitative estimate of drug-likeness (QED) is 0.648. The predicted molar refractivity (Wildman–Crippen MR) is 110 cm³/mol. The Balaban J connectivity index is 1.52. The molecule has 1 aromatic heterocycles. The van der Waals surface area contributed by atoms with Crippen molar-refractivity contribution in [1.29, 1.82) is 0 Å². The van der Waals surface area contributed by atoms with Gasteiger partial charge in [-0.1, -0.05) is 48.6 Å². The minimum Gasteiger partial charge on any atom is -0.352 e. The molecule has 6 heteroatoms. The molecule has 0 aliphatic rings. The maximum Gasteiger partial charge on any atom is 0.223 e. The molecule has 0 radical (unpaired) electrons. The number of aromatic nitrogens is 1. The van der Waals surface area contributed by atoms with Gasteiger partial charge in [0.2, 0.25) is 11.8 Å². The van der Waals surface area contributed by atoms with E-state index in [0.717, 1.165) is 27.8 Å². The third kappa shape index (κ3) is 5.37. The van der Waals surface area contributed by atoms with Gasteiger partial charge in [-0.15, -0.1) is 0 Å². The molecule has 5 nitrogen and oxygen atoms in total. The van der Waals surface area contributed by atoms with Crippen LogP contribution in [0.1, 0.15) is 37.0 Å². The molecule has 0 unspecified atom stereocenters. The lowest BCUT2D eigenvalue weighted by Crippen LogP contribution is -2.22. The van der Waals surface area contributed by atoms with Gasteiger partial charge in [-0.25, -0.2) is 4.98 Å². The maximum atomic E-state index is 12.1. The molecule has 0 saturated heterocycles. The standard InChI is InChI=1S/C21H23N3O2S/c1-3-15-4-6-17(7-5-15)13-22-20(26)11-9-16-8-10-18-19(12-16)27-21(24-18)23-14(2)25/h4-8,10,12H,3,9,11,13H2,1-2H3,(H,22,26)(H,23,24,25). The number of aryl methyl sites for hydroxylation is 2. The van der Waals surface area contributed by atoms with Gasteiger partial charge >= 0.3 is 0 Å². The van der Waals surface area contributed by atoms with Crippen LogP contribution in [0.2, 0.25) is 0 Å². The molecule has 0 aliphatic heterocycles. The highest BCUT2D eigenvalue weighted by atomic mass is 32.1. The Morgan fingerprint density at radius 3 is 2.44 bits per heavy atom. The Morgan fingerprint density at radius 2 is 1.74 bits per heavy atom. The number of anilines is 1. The summed E-state index contributed by atoms with van der Waals surface area (Å²) in [5.41, 5.74) is 4.35. The van der Waals surface area contributed by atoms with Gasteiger partial charge in [0, 0.05) is 19.9 Å². The number of nitrogens with zero attached hydrogens (tertiary/aromatic N) is 1. The number of hydrogen-bond acceptors (Lipinski definition) is 4. The number of hydrogen-bond donors (Lipinski definition) is 2. The molecular weight excluding hydrogens is 358 g/mol. The van der Waals surface area contributed by atoms with Crippen LogP contribution < -0.4 is 10.6 Å². The summed E-state index contributed by atoms with van der Waals surface area (Å²) in [6.07, 6.45) is 2.13. The first-order valence-corrected chi connectivity index (χ1v) is 9.86. The molecule has 0 fully saturated rings. The van der Waals surface area contributed by atoms with E-state index in [0.29, 0.717) is 24.5 Å². The summed E-state index contributed by atoms with van der Waals surface area (Å²) < 4.78 is 1.01. The average Bonchev–Trinajstić information content (AvgIpc) is 3.05. The molecule has 2 amide bonds. The second-order valence-corrected chi connectivity index (χ2v) is 7.48. The lowest BCUT2D eigenvalue weighted by Gasteiger charge is -2.06. The van der Waals surface area contributed by atoms with Crippen LogP contribution in [-0.4, -0.2) is 16.8 Å². The molecular formula is C21H23N3O2S. The first kappa shape index (κ1) is 19.0. The van der Waals surface area contributed by atoms with Crippen LogP contribution in [0.4, 0.5) is 5.13 Å². The zero-order chi connectivity index (χ0) is 19.2. The first-order valence-electron chi connectivity index (χ1n) is 9.05. The molecule has 0 bridgehead atoms. The monoisotopic (exact) mass is 381 g/mol. The van der Waals surface area contributed by atoms with Crippen molar-refractivity contribution in [3.8, 4) is 0 Å². The third-order valence-electron chi connectivity index (χ3n) is 4.30. The Morgan fingerprint density at radius 1 is 1.04 bits per heavy atom. The summed E-state index contributed by atoms with van der Waals surface area (Å²) in [6.45, 7) is 4.14. The van der Waals surface area contributed by atoms with Gasteiger partial charge in [-0.2, -0.15) is 0 Å². The van der Waals surface area contributed by atoms with Gasteiger partial charge in [0.15, 0.2) is 5.13 Å². The molecule has 3 rings (SSSR count). The minimum atomic E-state index is -0.129. The van der Waals surface area contributed by atoms with E-state index in [1.807, 2.05) is 18.2 Å². The van der Waals surface area contributed by atoms with Gasteiger partial charge in [0.05, 0.1) is 10.2 Å². The molecule has 140 valence electrons. The fourth-order valence-corrected chi connectivity index (χ4v) is 3.74. The fraction of sp³-hybridized carbons (Fsp3) is 0.286. The first-order chi connectivity index (χ1) is 13.0. The fourth-order valence-electron chi connectivity index (χ4n) is 2.77. The second kappa shape index (κ2) is 8.77. The van der Waals surface area contributed by atoms with Crippen molar-refractivity contribution >= 4 is 38.5 Å². The van der Waals surface area contributed by atoms with Gasteiger partial charge in [0.1, 0.15) is 0 Å². The predicted octanol–water partition coefficient (Wildman–Crippen LogP) is 4.07. The summed E-state index contributed by atoms with van der Waals surface area (Å²) >= 11 is 1.44. The molecule has 3 aromatic rings. The molecule has 0 saturated carbocycles. The van der Waals surface area contributed by atoms with Gasteiger partial charge in [0.25, 0.3) is 0 Å². The van der Waals surface area contributed by atoms with Crippen LogP contribution in [0.3, 0.4) is 0 Å². The Hall–Kier alpha value is -2.73. The Labute approximate surface area is 162 Å². The average molecular weight is 382 g/mol. The van der Waals surface area contributed by atoms with Crippen LogP contribution in [0.25, 0.3) is 10.2 Å². The van der Waals surface area contributed by atoms with Gasteiger partial charge < -0.3 is 10.6 Å². The third-order valence-corrected chi connectivity index (χ3v) is 5.23. The molecule has 27 heavy (non-hydrogen) atoms. The van der Waals surface area contributed by atoms with Gasteiger partial charge in [-0.05, 0) is 41.7 Å². The normalized spacial score (nSPS) is 10.7. The minimum absolute atomic E-state index is 0.0397. The van der Waals surface area contributed by atoms with Crippen LogP contribution in [0.15, 0.2) is 42.5 Å². The molecule has 0 aliphatic carbocycles. The van der Waals surface area contributed by atoms with Crippen molar-refractivity contribution in [2.24, 2.45) is 0 Å². The van der Waals surface area contributed by atoms with E-state index in [9.17, 15) is 9.59 Å². The number of rotatable bonds is 7. The number of nitrogens with one attached hydrogen (secondary N) is 2. The highest BCUT2D eigenvalue weighted by Crippen LogP contribution is 2.27. The van der Waals surface area contributed by atoms with E-state index in [2.05, 4.69) is 46.8 Å². The number of fused-ring (bicyclic) bond motifs is 1. The lowest BCUT2D eigenvalue weighted by atomic mass is 10.1. The van der Waals surface area contributed by atoms with E-state index < -0.39 is 0 Å². The number of amides is 2. The summed E-state index contributed by atoms with van der Waals surface area (Å²) in [6, 6.07) is 14.3. The molecule has 0 atom stereocenters. The Bertz CT molecular complexity index is 948. The van der Waals surface area contributed by atoms with Gasteiger partial charge in [-0.3, -0.25) is 9.59 Å². The van der Waals surface area contributed by atoms with E-state index in [4.69, 9.17) is 0 Å². The van der Waals surface area contributed by atoms with Crippen LogP contribution in [-0.2, 0) is 29.0 Å². The topological polar surface area (TPSA) is 71.1 Å². The highest BCUT2D eigenvalue weighted by molar-refractivity contribution is 7.22. The molecule has 0 spiro atoms. The largest absolute Gasteiger partial charge is 0.352 e. The number of benzene rings is 2. The van der Waals surface area contributed by atoms with Crippen molar-refractivity contribution in [2.75, 3.05) is 5.32 Å². The van der Waals surface area contributed by atoms with Crippen molar-refractivity contribution < 1.29 is 9.59 Å². The second-order valence-electron chi connectivity index (χ2n) is 6.45. The van der Waals surface area contributed by atoms with Crippen LogP contribution >= 0.6 is 11.3 Å². The number of carbonyl (C=O) groups is 2. The van der Waals surface area contributed by atoms with E-state index >= 15 is 0 Å². The van der Waals surface area contributed by atoms with Crippen LogP contribution in [0, 0.1) is 0 Å². The molecule has 1 heterocycles. The van der Waals surface area contributed by atoms with Crippen molar-refractivity contribution in [3.63, 3.8) is 0 Å². The molecule has 2 N–H and O–H groups in total. The number of thiazole rings is 1. The molecule has 2 aromatic carbocycles. The van der Waals surface area contributed by atoms with Crippen LogP contribution in [0.5, 0.6) is 0 Å². The van der Waals surface area contributed by atoms with E-state index in [1.54, 1.807) is 0 Å².